The Balaban J connectivity index is 1.55. The lowest BCUT2D eigenvalue weighted by molar-refractivity contribution is -0.137. The SMILES string of the molecule is O=C1NC(=O)N(c2cccc(C(F)(F)F)c2)C(=O)/C1=C\c1ccc(OCc2ccccc2)cc1. The minimum Gasteiger partial charge on any atom is -0.489 e. The van der Waals surface area contributed by atoms with Crippen LogP contribution in [0.25, 0.3) is 6.08 Å². The lowest BCUT2D eigenvalue weighted by atomic mass is 10.1. The van der Waals surface area contributed by atoms with Crippen molar-refractivity contribution in [1.82, 2.24) is 5.32 Å². The van der Waals surface area contributed by atoms with Gasteiger partial charge in [0.2, 0.25) is 0 Å². The summed E-state index contributed by atoms with van der Waals surface area (Å²) in [7, 11) is 0. The topological polar surface area (TPSA) is 75.7 Å². The van der Waals surface area contributed by atoms with Gasteiger partial charge in [-0.25, -0.2) is 9.69 Å². The third-order valence-electron chi connectivity index (χ3n) is 4.97. The van der Waals surface area contributed by atoms with Crippen LogP contribution in [0.2, 0.25) is 0 Å². The van der Waals surface area contributed by atoms with Gasteiger partial charge >= 0.3 is 12.2 Å². The van der Waals surface area contributed by atoms with E-state index in [9.17, 15) is 27.6 Å². The number of alkyl halides is 3. The van der Waals surface area contributed by atoms with E-state index in [1.165, 1.54) is 12.1 Å². The maximum atomic E-state index is 13.1. The van der Waals surface area contributed by atoms with Gasteiger partial charge in [-0.2, -0.15) is 13.2 Å². The van der Waals surface area contributed by atoms with Crippen LogP contribution in [0, 0.1) is 0 Å². The van der Waals surface area contributed by atoms with Crippen LogP contribution in [0.5, 0.6) is 5.75 Å². The van der Waals surface area contributed by atoms with E-state index >= 15 is 0 Å². The first-order chi connectivity index (χ1) is 16.2. The van der Waals surface area contributed by atoms with Crippen LogP contribution in [0.15, 0.2) is 84.4 Å². The van der Waals surface area contributed by atoms with Crippen LogP contribution in [0.4, 0.5) is 23.7 Å². The first-order valence-electron chi connectivity index (χ1n) is 10.1. The molecule has 172 valence electrons. The number of amides is 4. The molecule has 1 aliphatic rings. The van der Waals surface area contributed by atoms with Crippen molar-refractivity contribution in [2.24, 2.45) is 0 Å². The van der Waals surface area contributed by atoms with Gasteiger partial charge < -0.3 is 4.74 Å². The predicted molar refractivity (Wildman–Crippen MR) is 118 cm³/mol. The number of benzene rings is 3. The Labute approximate surface area is 192 Å². The van der Waals surface area contributed by atoms with E-state index in [0.717, 1.165) is 17.7 Å². The third kappa shape index (κ3) is 4.98. The molecule has 0 saturated carbocycles. The van der Waals surface area contributed by atoms with Crippen molar-refractivity contribution in [2.45, 2.75) is 12.8 Å². The Bertz CT molecular complexity index is 1270. The van der Waals surface area contributed by atoms with E-state index in [1.54, 1.807) is 24.3 Å². The number of nitrogens with zero attached hydrogens (tertiary/aromatic N) is 1. The van der Waals surface area contributed by atoms with E-state index in [-0.39, 0.29) is 5.69 Å². The molecule has 34 heavy (non-hydrogen) atoms. The zero-order valence-corrected chi connectivity index (χ0v) is 17.5. The molecule has 1 heterocycles. The normalized spacial score (nSPS) is 15.4. The van der Waals surface area contributed by atoms with Gasteiger partial charge in [0, 0.05) is 0 Å². The number of carbonyl (C=O) groups is 3. The lowest BCUT2D eigenvalue weighted by Crippen LogP contribution is -2.54. The fourth-order valence-electron chi connectivity index (χ4n) is 3.28. The average molecular weight is 466 g/mol. The molecule has 0 aliphatic carbocycles. The minimum absolute atomic E-state index is 0.305. The summed E-state index contributed by atoms with van der Waals surface area (Å²) >= 11 is 0. The van der Waals surface area contributed by atoms with Crippen LogP contribution >= 0.6 is 0 Å². The van der Waals surface area contributed by atoms with E-state index in [2.05, 4.69) is 0 Å². The number of halogens is 3. The number of ether oxygens (including phenoxy) is 1. The monoisotopic (exact) mass is 466 g/mol. The number of barbiturate groups is 1. The molecule has 3 aromatic rings. The molecular formula is C25H17F3N2O4. The van der Waals surface area contributed by atoms with Crippen molar-refractivity contribution < 1.29 is 32.3 Å². The van der Waals surface area contributed by atoms with Crippen molar-refractivity contribution in [3.05, 3.63) is 101 Å². The molecule has 0 atom stereocenters. The number of imide groups is 2. The van der Waals surface area contributed by atoms with Crippen molar-refractivity contribution in [3.63, 3.8) is 0 Å². The Hall–Kier alpha value is -4.40. The number of hydrogen-bond donors (Lipinski definition) is 1. The molecule has 1 fully saturated rings. The number of urea groups is 1. The molecule has 1 aliphatic heterocycles. The second kappa shape index (κ2) is 9.22. The summed E-state index contributed by atoms with van der Waals surface area (Å²) in [4.78, 5) is 38.0. The molecule has 4 amide bonds. The number of nitrogens with one attached hydrogen (secondary N) is 1. The third-order valence-corrected chi connectivity index (χ3v) is 4.97. The highest BCUT2D eigenvalue weighted by Gasteiger charge is 2.38. The Morgan fingerprint density at radius 3 is 2.26 bits per heavy atom. The Morgan fingerprint density at radius 1 is 0.882 bits per heavy atom. The van der Waals surface area contributed by atoms with E-state index < -0.39 is 35.2 Å². The lowest BCUT2D eigenvalue weighted by Gasteiger charge is -2.26. The summed E-state index contributed by atoms with van der Waals surface area (Å²) < 4.78 is 44.9. The summed E-state index contributed by atoms with van der Waals surface area (Å²) in [5, 5.41) is 1.99. The van der Waals surface area contributed by atoms with Crippen molar-refractivity contribution in [2.75, 3.05) is 4.90 Å². The number of carbonyl (C=O) groups excluding carboxylic acids is 3. The van der Waals surface area contributed by atoms with Crippen LogP contribution in [0.1, 0.15) is 16.7 Å². The zero-order valence-electron chi connectivity index (χ0n) is 17.5. The van der Waals surface area contributed by atoms with Gasteiger partial charge in [0.1, 0.15) is 17.9 Å². The number of hydrogen-bond acceptors (Lipinski definition) is 4. The van der Waals surface area contributed by atoms with Crippen molar-refractivity contribution >= 4 is 29.6 Å². The fourth-order valence-corrected chi connectivity index (χ4v) is 3.28. The van der Waals surface area contributed by atoms with Gasteiger partial charge in [0.15, 0.2) is 0 Å². The molecule has 9 heteroatoms. The van der Waals surface area contributed by atoms with Gasteiger partial charge in [-0.05, 0) is 47.5 Å². The van der Waals surface area contributed by atoms with Gasteiger partial charge in [-0.3, -0.25) is 14.9 Å². The molecule has 1 saturated heterocycles. The van der Waals surface area contributed by atoms with Crippen LogP contribution in [0.3, 0.4) is 0 Å². The minimum atomic E-state index is -4.66. The molecule has 0 spiro atoms. The maximum Gasteiger partial charge on any atom is 0.416 e. The molecule has 3 aromatic carbocycles. The predicted octanol–water partition coefficient (Wildman–Crippen LogP) is 4.95. The molecule has 6 nitrogen and oxygen atoms in total. The molecule has 0 aromatic heterocycles. The molecule has 0 radical (unpaired) electrons. The second-order valence-corrected chi connectivity index (χ2v) is 7.35. The summed E-state index contributed by atoms with van der Waals surface area (Å²) in [6.45, 7) is 0.357. The maximum absolute atomic E-state index is 13.1. The number of rotatable bonds is 5. The molecule has 1 N–H and O–H groups in total. The highest BCUT2D eigenvalue weighted by molar-refractivity contribution is 6.39. The van der Waals surface area contributed by atoms with E-state index in [0.29, 0.717) is 28.9 Å². The molecule has 0 unspecified atom stereocenters. The Kier molecular flexibility index (Phi) is 6.18. The first kappa shape index (κ1) is 22.8. The zero-order chi connectivity index (χ0) is 24.3. The summed E-state index contributed by atoms with van der Waals surface area (Å²) in [5.74, 6) is -1.41. The van der Waals surface area contributed by atoms with Gasteiger partial charge in [-0.1, -0.05) is 48.5 Å². The van der Waals surface area contributed by atoms with Gasteiger partial charge in [0.05, 0.1) is 11.3 Å². The highest BCUT2D eigenvalue weighted by atomic mass is 19.4. The molecule has 0 bridgehead atoms. The standard InChI is InChI=1S/C25H17F3N2O4/c26-25(27,28)18-7-4-8-19(14-18)30-23(32)21(22(31)29-24(30)33)13-16-9-11-20(12-10-16)34-15-17-5-2-1-3-6-17/h1-14H,15H2,(H,29,31,33)/b21-13-. The van der Waals surface area contributed by atoms with E-state index in [4.69, 9.17) is 4.74 Å². The first-order valence-corrected chi connectivity index (χ1v) is 10.1. The average Bonchev–Trinajstić information content (AvgIpc) is 2.81. The summed E-state index contributed by atoms with van der Waals surface area (Å²) in [6, 6.07) is 18.7. The van der Waals surface area contributed by atoms with Crippen LogP contribution in [-0.2, 0) is 22.4 Å². The van der Waals surface area contributed by atoms with Crippen molar-refractivity contribution in [1.29, 1.82) is 0 Å². The highest BCUT2D eigenvalue weighted by Crippen LogP contribution is 2.32. The largest absolute Gasteiger partial charge is 0.489 e. The second-order valence-electron chi connectivity index (χ2n) is 7.35. The summed E-state index contributed by atoms with van der Waals surface area (Å²) in [5.41, 5.74) is -0.282. The molecule has 4 rings (SSSR count). The van der Waals surface area contributed by atoms with Crippen LogP contribution < -0.4 is 15.0 Å². The fraction of sp³-hybridized carbons (Fsp3) is 0.0800. The van der Waals surface area contributed by atoms with E-state index in [1.807, 2.05) is 35.6 Å². The Morgan fingerprint density at radius 2 is 1.59 bits per heavy atom. The van der Waals surface area contributed by atoms with Gasteiger partial charge in [-0.15, -0.1) is 0 Å². The van der Waals surface area contributed by atoms with Crippen molar-refractivity contribution in [3.8, 4) is 5.75 Å². The number of anilines is 1. The van der Waals surface area contributed by atoms with Gasteiger partial charge in [0.25, 0.3) is 11.8 Å². The molecular weight excluding hydrogens is 449 g/mol. The summed E-state index contributed by atoms with van der Waals surface area (Å²) in [6.07, 6.45) is -3.41. The smallest absolute Gasteiger partial charge is 0.416 e. The van der Waals surface area contributed by atoms with Crippen LogP contribution in [-0.4, -0.2) is 17.8 Å². The quantitative estimate of drug-likeness (QED) is 0.427.